The Morgan fingerprint density at radius 2 is 1.93 bits per heavy atom. The van der Waals surface area contributed by atoms with E-state index in [1.54, 1.807) is 36.4 Å². The van der Waals surface area contributed by atoms with E-state index in [1.807, 2.05) is 6.07 Å². The van der Waals surface area contributed by atoms with Gasteiger partial charge in [-0.15, -0.1) is 0 Å². The van der Waals surface area contributed by atoms with Crippen molar-refractivity contribution in [2.45, 2.75) is 12.5 Å². The second kappa shape index (κ2) is 10.6. The molecule has 10 heteroatoms. The van der Waals surface area contributed by atoms with Gasteiger partial charge >= 0.3 is 6.09 Å². The number of benzene rings is 2. The van der Waals surface area contributed by atoms with Crippen LogP contribution in [0.15, 0.2) is 57.5 Å². The highest BCUT2D eigenvalue weighted by Gasteiger charge is 2.21. The number of phenols is 1. The number of nitriles is 1. The van der Waals surface area contributed by atoms with Crippen molar-refractivity contribution in [2.24, 2.45) is 0 Å². The SMILES string of the molecule is N#Cc1ccc(NC(=O)O[C@H](C/C=C/C(=O)NO)c2cc(Br)cc(Br)c2O)cc1. The van der Waals surface area contributed by atoms with Crippen molar-refractivity contribution in [3.8, 4) is 11.8 Å². The number of hydrogen-bond acceptors (Lipinski definition) is 6. The summed E-state index contributed by atoms with van der Waals surface area (Å²) in [5, 5.41) is 30.3. The highest BCUT2D eigenvalue weighted by atomic mass is 79.9. The number of carbonyl (C=O) groups excluding carboxylic acids is 2. The zero-order valence-corrected chi connectivity index (χ0v) is 17.9. The number of anilines is 1. The zero-order chi connectivity index (χ0) is 21.4. The fourth-order valence-corrected chi connectivity index (χ4v) is 3.57. The molecule has 0 aliphatic carbocycles. The molecule has 0 aliphatic rings. The Kier molecular flexibility index (Phi) is 8.21. The van der Waals surface area contributed by atoms with Gasteiger partial charge < -0.3 is 9.84 Å². The van der Waals surface area contributed by atoms with Crippen LogP contribution in [0.25, 0.3) is 0 Å². The van der Waals surface area contributed by atoms with Crippen molar-refractivity contribution in [1.29, 1.82) is 5.26 Å². The second-order valence-corrected chi connectivity index (χ2v) is 7.42. The number of hydrogen-bond donors (Lipinski definition) is 4. The van der Waals surface area contributed by atoms with Crippen LogP contribution in [0, 0.1) is 11.3 Å². The van der Waals surface area contributed by atoms with Gasteiger partial charge in [-0.1, -0.05) is 22.0 Å². The van der Waals surface area contributed by atoms with Gasteiger partial charge in [-0.2, -0.15) is 5.26 Å². The van der Waals surface area contributed by atoms with E-state index in [0.29, 0.717) is 25.8 Å². The topological polar surface area (TPSA) is 132 Å². The fraction of sp³-hybridized carbons (Fsp3) is 0.105. The predicted octanol–water partition coefficient (Wildman–Crippen LogP) is 4.53. The van der Waals surface area contributed by atoms with Crippen LogP contribution in [0.4, 0.5) is 10.5 Å². The molecule has 0 heterocycles. The Bertz CT molecular complexity index is 971. The second-order valence-electron chi connectivity index (χ2n) is 5.65. The molecule has 29 heavy (non-hydrogen) atoms. The number of hydroxylamine groups is 1. The molecule has 0 radical (unpaired) electrons. The first-order valence-electron chi connectivity index (χ1n) is 8.10. The Balaban J connectivity index is 2.22. The molecule has 0 aliphatic heterocycles. The minimum absolute atomic E-state index is 0.0463. The van der Waals surface area contributed by atoms with Crippen LogP contribution in [0.5, 0.6) is 5.75 Å². The molecule has 4 N–H and O–H groups in total. The lowest BCUT2D eigenvalue weighted by Crippen LogP contribution is -2.18. The molecule has 0 bridgehead atoms. The van der Waals surface area contributed by atoms with Gasteiger partial charge in [0.1, 0.15) is 11.9 Å². The summed E-state index contributed by atoms with van der Waals surface area (Å²) >= 11 is 6.54. The van der Waals surface area contributed by atoms with Crippen LogP contribution in [0.3, 0.4) is 0 Å². The molecule has 2 aromatic carbocycles. The van der Waals surface area contributed by atoms with Crippen molar-refractivity contribution in [1.82, 2.24) is 5.48 Å². The number of halogens is 2. The molecule has 2 amide bonds. The van der Waals surface area contributed by atoms with E-state index < -0.39 is 18.1 Å². The maximum atomic E-state index is 12.3. The summed E-state index contributed by atoms with van der Waals surface area (Å²) in [6.45, 7) is 0. The van der Waals surface area contributed by atoms with Crippen molar-refractivity contribution < 1.29 is 24.6 Å². The number of ether oxygens (including phenoxy) is 1. The number of nitrogens with one attached hydrogen (secondary N) is 2. The van der Waals surface area contributed by atoms with E-state index in [4.69, 9.17) is 15.2 Å². The van der Waals surface area contributed by atoms with Crippen LogP contribution < -0.4 is 10.8 Å². The smallest absolute Gasteiger partial charge is 0.412 e. The van der Waals surface area contributed by atoms with Gasteiger partial charge in [-0.3, -0.25) is 15.3 Å². The number of nitrogens with zero attached hydrogens (tertiary/aromatic N) is 1. The Hall–Kier alpha value is -2.87. The molecule has 8 nitrogen and oxygen atoms in total. The van der Waals surface area contributed by atoms with Gasteiger partial charge in [-0.05, 0) is 52.3 Å². The minimum atomic E-state index is -0.940. The van der Waals surface area contributed by atoms with Crippen LogP contribution in [0.2, 0.25) is 0 Å². The maximum Gasteiger partial charge on any atom is 0.412 e. The number of amides is 2. The summed E-state index contributed by atoms with van der Waals surface area (Å²) in [5.74, 6) is -0.866. The monoisotopic (exact) mass is 523 g/mol. The van der Waals surface area contributed by atoms with E-state index in [2.05, 4.69) is 37.2 Å². The number of carbonyl (C=O) groups is 2. The Morgan fingerprint density at radius 3 is 2.55 bits per heavy atom. The molecule has 2 rings (SSSR count). The lowest BCUT2D eigenvalue weighted by atomic mass is 10.0. The largest absolute Gasteiger partial charge is 0.506 e. The zero-order valence-electron chi connectivity index (χ0n) is 14.7. The molecule has 0 spiro atoms. The summed E-state index contributed by atoms with van der Waals surface area (Å²) in [5.41, 5.74) is 2.62. The Morgan fingerprint density at radius 1 is 1.24 bits per heavy atom. The van der Waals surface area contributed by atoms with Crippen LogP contribution >= 0.6 is 31.9 Å². The third-order valence-electron chi connectivity index (χ3n) is 3.64. The summed E-state index contributed by atoms with van der Waals surface area (Å²) < 4.78 is 6.46. The van der Waals surface area contributed by atoms with Gasteiger partial charge in [0.25, 0.3) is 5.91 Å². The quantitative estimate of drug-likeness (QED) is 0.249. The van der Waals surface area contributed by atoms with Crippen molar-refractivity contribution in [3.05, 3.63) is 68.6 Å². The lowest BCUT2D eigenvalue weighted by molar-refractivity contribution is -0.124. The minimum Gasteiger partial charge on any atom is -0.506 e. The number of aromatic hydroxyl groups is 1. The molecule has 2 aromatic rings. The molecular formula is C19H15Br2N3O5. The molecule has 1 atom stereocenters. The van der Waals surface area contributed by atoms with Crippen molar-refractivity contribution >= 4 is 49.5 Å². The third-order valence-corrected chi connectivity index (χ3v) is 4.71. The molecule has 0 aromatic heterocycles. The molecule has 0 fully saturated rings. The van der Waals surface area contributed by atoms with Gasteiger partial charge in [0.15, 0.2) is 0 Å². The Labute approximate surface area is 183 Å². The maximum absolute atomic E-state index is 12.3. The van der Waals surface area contributed by atoms with E-state index in [1.165, 1.54) is 11.6 Å². The summed E-state index contributed by atoms with van der Waals surface area (Å²) in [4.78, 5) is 23.5. The average molecular weight is 525 g/mol. The van der Waals surface area contributed by atoms with Gasteiger partial charge in [0.2, 0.25) is 0 Å². The lowest BCUT2D eigenvalue weighted by Gasteiger charge is -2.19. The average Bonchev–Trinajstić information content (AvgIpc) is 2.70. The fourth-order valence-electron chi connectivity index (χ4n) is 2.31. The first-order chi connectivity index (χ1) is 13.8. The van der Waals surface area contributed by atoms with E-state index in [-0.39, 0.29) is 12.2 Å². The normalized spacial score (nSPS) is 11.5. The summed E-state index contributed by atoms with van der Waals surface area (Å²) in [6.07, 6.45) is 0.767. The summed E-state index contributed by atoms with van der Waals surface area (Å²) in [6, 6.07) is 11.4. The molecule has 0 saturated carbocycles. The van der Waals surface area contributed by atoms with Crippen LogP contribution in [0.1, 0.15) is 23.7 Å². The van der Waals surface area contributed by atoms with E-state index >= 15 is 0 Å². The highest BCUT2D eigenvalue weighted by molar-refractivity contribution is 9.11. The molecular weight excluding hydrogens is 510 g/mol. The molecule has 0 unspecified atom stereocenters. The third kappa shape index (κ3) is 6.60. The van der Waals surface area contributed by atoms with Gasteiger partial charge in [0.05, 0.1) is 16.1 Å². The standard InChI is InChI=1S/C19H15Br2N3O5/c20-12-8-14(18(26)15(21)9-12)16(2-1-3-17(25)24-28)29-19(27)23-13-6-4-11(10-22)5-7-13/h1,3-9,16,26,28H,2H2,(H,23,27)(H,24,25)/b3-1+/t16-/m1/s1. The highest BCUT2D eigenvalue weighted by Crippen LogP contribution is 2.38. The first-order valence-corrected chi connectivity index (χ1v) is 9.69. The van der Waals surface area contributed by atoms with Crippen molar-refractivity contribution in [3.63, 3.8) is 0 Å². The van der Waals surface area contributed by atoms with E-state index in [0.717, 1.165) is 6.08 Å². The van der Waals surface area contributed by atoms with E-state index in [9.17, 15) is 14.7 Å². The number of phenolic OH excluding ortho intramolecular Hbond substituents is 1. The molecule has 0 saturated heterocycles. The predicted molar refractivity (Wildman–Crippen MR) is 111 cm³/mol. The first kappa shape index (κ1) is 22.4. The van der Waals surface area contributed by atoms with Crippen LogP contribution in [-0.4, -0.2) is 22.3 Å². The van der Waals surface area contributed by atoms with Gasteiger partial charge in [-0.25, -0.2) is 10.3 Å². The van der Waals surface area contributed by atoms with Gasteiger partial charge in [0, 0.05) is 28.2 Å². The van der Waals surface area contributed by atoms with Crippen LogP contribution in [-0.2, 0) is 9.53 Å². The number of rotatable bonds is 6. The molecule has 150 valence electrons. The van der Waals surface area contributed by atoms with Crippen molar-refractivity contribution in [2.75, 3.05) is 5.32 Å². The summed E-state index contributed by atoms with van der Waals surface area (Å²) in [7, 11) is 0.